The topological polar surface area (TPSA) is 69.9 Å². The van der Waals surface area contributed by atoms with Crippen molar-refractivity contribution in [3.8, 4) is 11.5 Å². The van der Waals surface area contributed by atoms with E-state index in [9.17, 15) is 18.0 Å². The van der Waals surface area contributed by atoms with Gasteiger partial charge in [-0.2, -0.15) is 18.2 Å². The molecule has 4 rings (SSSR count). The molecule has 0 radical (unpaired) electrons. The van der Waals surface area contributed by atoms with E-state index in [1.807, 2.05) is 23.7 Å². The monoisotopic (exact) mass is 466 g/mol. The summed E-state index contributed by atoms with van der Waals surface area (Å²) in [5.74, 6) is 1.20. The van der Waals surface area contributed by atoms with Crippen LogP contribution in [0.25, 0.3) is 0 Å². The molecule has 34 heavy (non-hydrogen) atoms. The summed E-state index contributed by atoms with van der Waals surface area (Å²) in [7, 11) is 1.85. The summed E-state index contributed by atoms with van der Waals surface area (Å²) in [6, 6.07) is 11.8. The van der Waals surface area contributed by atoms with Crippen LogP contribution in [-0.2, 0) is 32.5 Å². The second-order valence-corrected chi connectivity index (χ2v) is 7.79. The van der Waals surface area contributed by atoms with E-state index < -0.39 is 11.7 Å². The van der Waals surface area contributed by atoms with Gasteiger partial charge in [0.25, 0.3) is 5.56 Å². The minimum absolute atomic E-state index is 0.115. The number of hydrogen-bond acceptors (Lipinski definition) is 5. The Balaban J connectivity index is 1.39. The van der Waals surface area contributed by atoms with Crippen LogP contribution in [0.15, 0.2) is 78.2 Å². The molecule has 0 atom stereocenters. The van der Waals surface area contributed by atoms with Crippen LogP contribution in [0.5, 0.6) is 11.5 Å². The van der Waals surface area contributed by atoms with Crippen molar-refractivity contribution in [2.75, 3.05) is 0 Å². The third-order valence-electron chi connectivity index (χ3n) is 5.23. The van der Waals surface area contributed by atoms with Gasteiger partial charge in [-0.3, -0.25) is 4.79 Å². The summed E-state index contributed by atoms with van der Waals surface area (Å²) in [4.78, 5) is 24.6. The second-order valence-electron chi connectivity index (χ2n) is 7.79. The molecular weight excluding hydrogens is 445 g/mol. The van der Waals surface area contributed by atoms with Crippen molar-refractivity contribution < 1.29 is 17.9 Å². The van der Waals surface area contributed by atoms with E-state index in [-0.39, 0.29) is 11.3 Å². The van der Waals surface area contributed by atoms with E-state index in [0.29, 0.717) is 36.4 Å². The molecule has 0 N–H and O–H groups in total. The van der Waals surface area contributed by atoms with Gasteiger partial charge >= 0.3 is 6.18 Å². The maximum absolute atomic E-state index is 12.9. The van der Waals surface area contributed by atoms with Gasteiger partial charge in [-0.05, 0) is 47.9 Å². The van der Waals surface area contributed by atoms with Crippen LogP contribution in [0.1, 0.15) is 28.1 Å². The first-order chi connectivity index (χ1) is 16.3. The fourth-order valence-corrected chi connectivity index (χ4v) is 3.48. The van der Waals surface area contributed by atoms with Gasteiger partial charge in [-0.25, -0.2) is 9.97 Å². The van der Waals surface area contributed by atoms with E-state index >= 15 is 0 Å². The number of aromatic nitrogens is 4. The lowest BCUT2D eigenvalue weighted by atomic mass is 10.1. The summed E-state index contributed by atoms with van der Waals surface area (Å²) >= 11 is 0. The lowest BCUT2D eigenvalue weighted by Gasteiger charge is -2.11. The highest BCUT2D eigenvalue weighted by molar-refractivity contribution is 5.36. The zero-order valence-corrected chi connectivity index (χ0v) is 18.3. The van der Waals surface area contributed by atoms with Crippen LogP contribution < -0.4 is 10.3 Å². The molecular formula is C25H21F3N4O2. The van der Waals surface area contributed by atoms with Crippen LogP contribution in [0, 0.1) is 0 Å². The molecule has 6 nitrogen and oxygen atoms in total. The van der Waals surface area contributed by atoms with Gasteiger partial charge in [0.15, 0.2) is 0 Å². The van der Waals surface area contributed by atoms with Crippen LogP contribution in [0.4, 0.5) is 13.2 Å². The molecule has 4 aromatic rings. The van der Waals surface area contributed by atoms with E-state index in [4.69, 9.17) is 4.74 Å². The molecule has 0 aliphatic rings. The smallest absolute Gasteiger partial charge is 0.416 e. The molecule has 0 saturated carbocycles. The van der Waals surface area contributed by atoms with Crippen LogP contribution in [0.3, 0.4) is 0 Å². The van der Waals surface area contributed by atoms with Gasteiger partial charge in [-0.1, -0.05) is 18.2 Å². The van der Waals surface area contributed by atoms with Gasteiger partial charge in [0.05, 0.1) is 5.56 Å². The average Bonchev–Trinajstić information content (AvgIpc) is 2.82. The summed E-state index contributed by atoms with van der Waals surface area (Å²) in [6.45, 7) is 0. The van der Waals surface area contributed by atoms with Crippen molar-refractivity contribution in [1.82, 2.24) is 19.5 Å². The van der Waals surface area contributed by atoms with Crippen molar-refractivity contribution in [2.45, 2.75) is 25.4 Å². The van der Waals surface area contributed by atoms with Gasteiger partial charge in [-0.15, -0.1) is 0 Å². The first-order valence-electron chi connectivity index (χ1n) is 10.5. The highest BCUT2D eigenvalue weighted by Crippen LogP contribution is 2.32. The number of aryl methyl sites for hydroxylation is 3. The zero-order valence-electron chi connectivity index (χ0n) is 18.3. The molecule has 0 bridgehead atoms. The molecule has 9 heteroatoms. The first-order valence-corrected chi connectivity index (χ1v) is 10.5. The maximum atomic E-state index is 12.9. The van der Waals surface area contributed by atoms with Gasteiger partial charge in [0.2, 0.25) is 0 Å². The van der Waals surface area contributed by atoms with Crippen molar-refractivity contribution >= 4 is 0 Å². The van der Waals surface area contributed by atoms with Gasteiger partial charge in [0, 0.05) is 44.0 Å². The number of rotatable bonds is 7. The number of ether oxygens (including phenoxy) is 1. The van der Waals surface area contributed by atoms with E-state index in [0.717, 1.165) is 23.3 Å². The minimum atomic E-state index is -4.43. The number of benzene rings is 2. The Morgan fingerprint density at radius 2 is 1.68 bits per heavy atom. The van der Waals surface area contributed by atoms with E-state index in [1.54, 1.807) is 30.7 Å². The third-order valence-corrected chi connectivity index (χ3v) is 5.23. The fourth-order valence-electron chi connectivity index (χ4n) is 3.48. The van der Waals surface area contributed by atoms with Crippen LogP contribution >= 0.6 is 0 Å². The maximum Gasteiger partial charge on any atom is 0.416 e. The lowest BCUT2D eigenvalue weighted by molar-refractivity contribution is -0.137. The summed E-state index contributed by atoms with van der Waals surface area (Å²) < 4.78 is 46.0. The van der Waals surface area contributed by atoms with E-state index in [2.05, 4.69) is 15.0 Å². The fraction of sp³-hybridized carbons (Fsp3) is 0.200. The Morgan fingerprint density at radius 1 is 0.941 bits per heavy atom. The quantitative estimate of drug-likeness (QED) is 0.393. The molecule has 0 saturated heterocycles. The molecule has 0 aliphatic carbocycles. The SMILES string of the molecule is Cn1cc(Cc2cncnc2)c(=O)nc1CCc1ccc(Oc2cccc(C(F)(F)F)c2)cc1. The standard InChI is InChI=1S/C25H21F3N4O2/c1-32-15-19(11-18-13-29-16-30-14-18)24(33)31-23(32)10-7-17-5-8-21(9-6-17)34-22-4-2-3-20(12-22)25(26,27)28/h2-6,8-9,12-16H,7,10-11H2,1H3. The highest BCUT2D eigenvalue weighted by Gasteiger charge is 2.30. The average molecular weight is 466 g/mol. The molecule has 0 amide bonds. The Hall–Kier alpha value is -4.01. The molecule has 174 valence electrons. The summed E-state index contributed by atoms with van der Waals surface area (Å²) in [6.07, 6.45) is 3.72. The van der Waals surface area contributed by atoms with Crippen LogP contribution in [-0.4, -0.2) is 19.5 Å². The highest BCUT2D eigenvalue weighted by atomic mass is 19.4. The van der Waals surface area contributed by atoms with Crippen molar-refractivity contribution in [2.24, 2.45) is 7.05 Å². The molecule has 0 aliphatic heterocycles. The third kappa shape index (κ3) is 5.86. The zero-order chi connectivity index (χ0) is 24.1. The summed E-state index contributed by atoms with van der Waals surface area (Å²) in [5, 5.41) is 0. The second kappa shape index (κ2) is 9.86. The predicted molar refractivity (Wildman–Crippen MR) is 120 cm³/mol. The number of halogens is 3. The Morgan fingerprint density at radius 3 is 2.38 bits per heavy atom. The number of nitrogens with zero attached hydrogens (tertiary/aromatic N) is 4. The first kappa shape index (κ1) is 23.2. The minimum Gasteiger partial charge on any atom is -0.457 e. The number of hydrogen-bond donors (Lipinski definition) is 0. The number of alkyl halides is 3. The molecule has 2 aromatic heterocycles. The Bertz CT molecular complexity index is 1320. The molecule has 0 spiro atoms. The summed E-state index contributed by atoms with van der Waals surface area (Å²) in [5.41, 5.74) is 1.35. The lowest BCUT2D eigenvalue weighted by Crippen LogP contribution is -2.21. The molecule has 0 fully saturated rings. The van der Waals surface area contributed by atoms with E-state index in [1.165, 1.54) is 18.5 Å². The predicted octanol–water partition coefficient (Wildman–Crippen LogP) is 4.76. The molecule has 2 heterocycles. The molecule has 2 aromatic carbocycles. The van der Waals surface area contributed by atoms with Gasteiger partial charge < -0.3 is 9.30 Å². The van der Waals surface area contributed by atoms with Crippen LogP contribution in [0.2, 0.25) is 0 Å². The Labute approximate surface area is 193 Å². The van der Waals surface area contributed by atoms with Crippen molar-refractivity contribution in [1.29, 1.82) is 0 Å². The van der Waals surface area contributed by atoms with Crippen molar-refractivity contribution in [3.63, 3.8) is 0 Å². The molecule has 0 unspecified atom stereocenters. The van der Waals surface area contributed by atoms with Crippen molar-refractivity contribution in [3.05, 3.63) is 112 Å². The largest absolute Gasteiger partial charge is 0.457 e. The normalized spacial score (nSPS) is 11.4. The Kier molecular flexibility index (Phi) is 6.72. The van der Waals surface area contributed by atoms with Gasteiger partial charge in [0.1, 0.15) is 23.7 Å².